The van der Waals surface area contributed by atoms with Gasteiger partial charge in [-0.15, -0.1) is 0 Å². The van der Waals surface area contributed by atoms with Crippen LogP contribution in [0.5, 0.6) is 5.75 Å². The molecule has 1 aromatic heterocycles. The largest absolute Gasteiger partial charge is 0.481 e. The Balaban J connectivity index is 1.83. The Morgan fingerprint density at radius 1 is 1.39 bits per heavy atom. The number of hydrogen-bond donors (Lipinski definition) is 0. The maximum Gasteiger partial charge on any atom is 0.336 e. The van der Waals surface area contributed by atoms with Crippen molar-refractivity contribution in [1.82, 2.24) is 5.06 Å². The van der Waals surface area contributed by atoms with Crippen LogP contribution in [-0.4, -0.2) is 30.2 Å². The minimum absolute atomic E-state index is 0.216. The summed E-state index contributed by atoms with van der Waals surface area (Å²) in [5.74, 6) is 0.264. The van der Waals surface area contributed by atoms with E-state index in [-0.39, 0.29) is 11.5 Å². The monoisotopic (exact) mass is 317 g/mol. The minimum Gasteiger partial charge on any atom is -0.481 e. The van der Waals surface area contributed by atoms with Crippen LogP contribution in [0, 0.1) is 0 Å². The Labute approximate surface area is 133 Å². The highest BCUT2D eigenvalue weighted by atomic mass is 16.7. The second kappa shape index (κ2) is 6.42. The lowest BCUT2D eigenvalue weighted by Crippen LogP contribution is -2.37. The van der Waals surface area contributed by atoms with E-state index in [1.54, 1.807) is 19.1 Å². The number of carbonyl (C=O) groups is 1. The Kier molecular flexibility index (Phi) is 4.34. The second-order valence-corrected chi connectivity index (χ2v) is 5.49. The van der Waals surface area contributed by atoms with Gasteiger partial charge in [-0.2, -0.15) is 0 Å². The van der Waals surface area contributed by atoms with Gasteiger partial charge in [0.2, 0.25) is 0 Å². The van der Waals surface area contributed by atoms with Crippen LogP contribution in [-0.2, 0) is 16.1 Å². The predicted octanol–water partition coefficient (Wildman–Crippen LogP) is 2.29. The van der Waals surface area contributed by atoms with Crippen LogP contribution in [0.25, 0.3) is 11.0 Å². The van der Waals surface area contributed by atoms with Crippen molar-refractivity contribution in [3.05, 3.63) is 40.2 Å². The van der Waals surface area contributed by atoms with Crippen molar-refractivity contribution < 1.29 is 18.8 Å². The molecule has 1 aliphatic heterocycles. The molecule has 23 heavy (non-hydrogen) atoms. The van der Waals surface area contributed by atoms with Crippen molar-refractivity contribution in [2.75, 3.05) is 13.2 Å². The van der Waals surface area contributed by atoms with Crippen LogP contribution in [0.2, 0.25) is 0 Å². The molecule has 0 aliphatic carbocycles. The molecule has 0 saturated carbocycles. The highest BCUT2D eigenvalue weighted by Gasteiger charge is 2.26. The van der Waals surface area contributed by atoms with Gasteiger partial charge < -0.3 is 9.15 Å². The number of carbonyl (C=O) groups excluding carboxylic acids is 1. The zero-order chi connectivity index (χ0) is 16.4. The smallest absolute Gasteiger partial charge is 0.336 e. The molecule has 3 rings (SSSR count). The van der Waals surface area contributed by atoms with Gasteiger partial charge in [0.15, 0.2) is 6.10 Å². The number of fused-ring (bicyclic) bond motifs is 1. The lowest BCUT2D eigenvalue weighted by molar-refractivity contribution is -0.175. The molecular weight excluding hydrogens is 298 g/mol. The molecule has 6 heteroatoms. The number of rotatable bonds is 4. The first-order chi connectivity index (χ1) is 11.1. The first kappa shape index (κ1) is 15.6. The number of amides is 1. The number of aryl methyl sites for hydroxylation is 1. The Hall–Kier alpha value is -2.34. The van der Waals surface area contributed by atoms with Crippen molar-refractivity contribution in [3.8, 4) is 5.75 Å². The van der Waals surface area contributed by atoms with E-state index in [9.17, 15) is 9.59 Å². The quantitative estimate of drug-likeness (QED) is 0.809. The summed E-state index contributed by atoms with van der Waals surface area (Å²) in [4.78, 5) is 29.0. The zero-order valence-electron chi connectivity index (χ0n) is 13.2. The molecule has 0 spiro atoms. The van der Waals surface area contributed by atoms with E-state index < -0.39 is 6.10 Å². The number of nitrogens with zero attached hydrogens (tertiary/aromatic N) is 1. The van der Waals surface area contributed by atoms with Gasteiger partial charge >= 0.3 is 5.63 Å². The van der Waals surface area contributed by atoms with Gasteiger partial charge in [0, 0.05) is 17.5 Å². The fourth-order valence-electron chi connectivity index (χ4n) is 2.65. The van der Waals surface area contributed by atoms with Crippen LogP contribution < -0.4 is 10.4 Å². The molecule has 0 bridgehead atoms. The first-order valence-corrected chi connectivity index (χ1v) is 7.76. The summed E-state index contributed by atoms with van der Waals surface area (Å²) < 4.78 is 10.9. The van der Waals surface area contributed by atoms with E-state index in [4.69, 9.17) is 14.0 Å². The molecule has 1 aromatic carbocycles. The van der Waals surface area contributed by atoms with Crippen molar-refractivity contribution >= 4 is 16.9 Å². The molecule has 1 saturated heterocycles. The first-order valence-electron chi connectivity index (χ1n) is 7.76. The van der Waals surface area contributed by atoms with Gasteiger partial charge in [0.05, 0.1) is 13.2 Å². The Morgan fingerprint density at radius 2 is 2.22 bits per heavy atom. The third-order valence-corrected chi connectivity index (χ3v) is 3.84. The van der Waals surface area contributed by atoms with E-state index in [0.29, 0.717) is 24.5 Å². The lowest BCUT2D eigenvalue weighted by Gasteiger charge is -2.20. The van der Waals surface area contributed by atoms with Gasteiger partial charge in [-0.3, -0.25) is 9.63 Å². The van der Waals surface area contributed by atoms with E-state index in [1.807, 2.05) is 13.0 Å². The van der Waals surface area contributed by atoms with Crippen molar-refractivity contribution in [2.45, 2.75) is 32.8 Å². The topological polar surface area (TPSA) is 69.0 Å². The molecule has 6 nitrogen and oxygen atoms in total. The van der Waals surface area contributed by atoms with Crippen LogP contribution in [0.15, 0.2) is 33.5 Å². The molecule has 1 unspecified atom stereocenters. The molecule has 1 aliphatic rings. The zero-order valence-corrected chi connectivity index (χ0v) is 13.2. The van der Waals surface area contributed by atoms with Gasteiger partial charge in [0.1, 0.15) is 11.3 Å². The molecule has 1 amide bonds. The summed E-state index contributed by atoms with van der Waals surface area (Å²) in [5.41, 5.74) is 1.00. The summed E-state index contributed by atoms with van der Waals surface area (Å²) >= 11 is 0. The van der Waals surface area contributed by atoms with Crippen LogP contribution >= 0.6 is 0 Å². The van der Waals surface area contributed by atoms with Crippen molar-refractivity contribution in [1.29, 1.82) is 0 Å². The molecule has 2 aromatic rings. The maximum atomic E-state index is 12.2. The van der Waals surface area contributed by atoms with Crippen molar-refractivity contribution in [3.63, 3.8) is 0 Å². The number of ether oxygens (including phenoxy) is 1. The fourth-order valence-corrected chi connectivity index (χ4v) is 2.65. The molecule has 1 fully saturated rings. The third-order valence-electron chi connectivity index (χ3n) is 3.84. The van der Waals surface area contributed by atoms with Gasteiger partial charge in [-0.1, -0.05) is 6.92 Å². The van der Waals surface area contributed by atoms with Crippen molar-refractivity contribution in [2.24, 2.45) is 0 Å². The van der Waals surface area contributed by atoms with Crippen LogP contribution in [0.4, 0.5) is 0 Å². The summed E-state index contributed by atoms with van der Waals surface area (Å²) in [6.45, 7) is 4.79. The third kappa shape index (κ3) is 3.22. The van der Waals surface area contributed by atoms with Crippen LogP contribution in [0.3, 0.4) is 0 Å². The molecular formula is C17H19NO5. The van der Waals surface area contributed by atoms with E-state index in [0.717, 1.165) is 23.8 Å². The minimum atomic E-state index is -0.674. The fraction of sp³-hybridized carbons (Fsp3) is 0.412. The Bertz CT molecular complexity index is 776. The van der Waals surface area contributed by atoms with E-state index >= 15 is 0 Å². The van der Waals surface area contributed by atoms with Gasteiger partial charge in [-0.25, -0.2) is 9.86 Å². The molecule has 2 heterocycles. The molecule has 1 atom stereocenters. The summed E-state index contributed by atoms with van der Waals surface area (Å²) in [6.07, 6.45) is 0.898. The van der Waals surface area contributed by atoms with Crippen LogP contribution in [0.1, 0.15) is 25.8 Å². The molecule has 122 valence electrons. The molecule has 0 radical (unpaired) electrons. The number of hydroxylamine groups is 2. The normalized spacial score (nSPS) is 15.8. The van der Waals surface area contributed by atoms with E-state index in [1.165, 1.54) is 11.1 Å². The lowest BCUT2D eigenvalue weighted by atomic mass is 10.1. The molecule has 0 N–H and O–H groups in total. The summed E-state index contributed by atoms with van der Waals surface area (Å²) in [5, 5.41) is 2.21. The second-order valence-electron chi connectivity index (χ2n) is 5.49. The average molecular weight is 317 g/mol. The van der Waals surface area contributed by atoms with E-state index in [2.05, 4.69) is 0 Å². The standard InChI is InChI=1S/C17H19NO5/c1-3-12-9-16(19)23-15-10-13(5-6-14(12)15)22-11(2)17(20)18-7-4-8-21-18/h5-6,9-11H,3-4,7-8H2,1-2H3. The summed E-state index contributed by atoms with van der Waals surface area (Å²) in [6, 6.07) is 6.76. The summed E-state index contributed by atoms with van der Waals surface area (Å²) in [7, 11) is 0. The van der Waals surface area contributed by atoms with Gasteiger partial charge in [-0.05, 0) is 37.5 Å². The Morgan fingerprint density at radius 3 is 2.91 bits per heavy atom. The highest BCUT2D eigenvalue weighted by molar-refractivity contribution is 5.82. The maximum absolute atomic E-state index is 12.2. The number of benzene rings is 1. The SMILES string of the molecule is CCc1cc(=O)oc2cc(OC(C)C(=O)N3CCCO3)ccc12. The highest BCUT2D eigenvalue weighted by Crippen LogP contribution is 2.24. The average Bonchev–Trinajstić information content (AvgIpc) is 3.07. The number of hydrogen-bond acceptors (Lipinski definition) is 5. The van der Waals surface area contributed by atoms with Gasteiger partial charge in [0.25, 0.3) is 5.91 Å². The predicted molar refractivity (Wildman–Crippen MR) is 84.2 cm³/mol.